The fourth-order valence-electron chi connectivity index (χ4n) is 2.38. The first-order chi connectivity index (χ1) is 11.4. The van der Waals surface area contributed by atoms with Gasteiger partial charge in [0, 0.05) is 50.1 Å². The van der Waals surface area contributed by atoms with E-state index in [0.29, 0.717) is 32.1 Å². The van der Waals surface area contributed by atoms with Gasteiger partial charge in [0.15, 0.2) is 5.96 Å². The molecule has 1 aromatic rings. The molecule has 1 aliphatic heterocycles. The van der Waals surface area contributed by atoms with Gasteiger partial charge in [-0.2, -0.15) is 11.8 Å². The number of hydrogen-bond donors (Lipinski definition) is 1. The molecule has 0 aliphatic carbocycles. The molecule has 0 saturated carbocycles. The number of thioether (sulfide) groups is 1. The molecule has 0 unspecified atom stereocenters. The van der Waals surface area contributed by atoms with Crippen LogP contribution >= 0.6 is 58.7 Å². The van der Waals surface area contributed by atoms with Gasteiger partial charge in [0.25, 0.3) is 0 Å². The number of halogens is 2. The number of hydrogen-bond acceptors (Lipinski definition) is 5. The Labute approximate surface area is 180 Å². The van der Waals surface area contributed by atoms with Gasteiger partial charge in [-0.05, 0) is 12.1 Å². The van der Waals surface area contributed by atoms with E-state index in [-0.39, 0.29) is 29.7 Å². The van der Waals surface area contributed by atoms with Gasteiger partial charge in [0.2, 0.25) is 10.0 Å². The molecule has 2 heterocycles. The third kappa shape index (κ3) is 7.41. The summed E-state index contributed by atoms with van der Waals surface area (Å²) in [5, 5.41) is 3.13. The van der Waals surface area contributed by atoms with Crippen molar-refractivity contribution >= 4 is 74.7 Å². The summed E-state index contributed by atoms with van der Waals surface area (Å²) in [5.41, 5.74) is 0. The topological polar surface area (TPSA) is 65.0 Å². The Morgan fingerprint density at radius 3 is 2.64 bits per heavy atom. The first-order valence-electron chi connectivity index (χ1n) is 7.64. The van der Waals surface area contributed by atoms with Gasteiger partial charge in [0.05, 0.1) is 16.6 Å². The third-order valence-electron chi connectivity index (χ3n) is 3.60. The van der Waals surface area contributed by atoms with E-state index in [2.05, 4.69) is 10.3 Å². The molecule has 25 heavy (non-hydrogen) atoms. The summed E-state index contributed by atoms with van der Waals surface area (Å²) in [5.74, 6) is 2.50. The van der Waals surface area contributed by atoms with Crippen molar-refractivity contribution in [1.29, 1.82) is 0 Å². The monoisotopic (exact) mass is 538 g/mol. The lowest BCUT2D eigenvalue weighted by molar-refractivity contribution is 0.442. The van der Waals surface area contributed by atoms with Crippen molar-refractivity contribution in [3.05, 3.63) is 21.3 Å². The predicted octanol–water partition coefficient (Wildman–Crippen LogP) is 2.41. The molecule has 0 atom stereocenters. The third-order valence-corrected chi connectivity index (χ3v) is 7.63. The second-order valence-electron chi connectivity index (χ2n) is 5.36. The Kier molecular flexibility index (Phi) is 10.4. The van der Waals surface area contributed by atoms with Gasteiger partial charge in [-0.25, -0.2) is 12.7 Å². The standard InChI is InChI=1S/C14H23ClN4O2S3.HI/c1-16-14(18(2)11-12-3-4-13(15)23-12)17-5-10-24(20,21)19-6-8-22-9-7-19;/h3-4H,5-11H2,1-2H3,(H,16,17);1H. The molecule has 11 heteroatoms. The van der Waals surface area contributed by atoms with E-state index in [4.69, 9.17) is 11.6 Å². The smallest absolute Gasteiger partial charge is 0.215 e. The molecule has 0 radical (unpaired) electrons. The Bertz CT molecular complexity index is 663. The highest BCUT2D eigenvalue weighted by Crippen LogP contribution is 2.22. The molecule has 1 saturated heterocycles. The number of nitrogens with zero attached hydrogens (tertiary/aromatic N) is 3. The lowest BCUT2D eigenvalue weighted by Crippen LogP contribution is -2.44. The maximum atomic E-state index is 12.3. The van der Waals surface area contributed by atoms with Crippen LogP contribution in [0.4, 0.5) is 0 Å². The van der Waals surface area contributed by atoms with Crippen LogP contribution in [0, 0.1) is 0 Å². The largest absolute Gasteiger partial charge is 0.355 e. The Hall–Kier alpha value is 0.250. The first kappa shape index (κ1) is 23.3. The Morgan fingerprint density at radius 1 is 1.40 bits per heavy atom. The lowest BCUT2D eigenvalue weighted by atomic mass is 10.4. The summed E-state index contributed by atoms with van der Waals surface area (Å²) in [6, 6.07) is 3.85. The van der Waals surface area contributed by atoms with Crippen molar-refractivity contribution in [3.63, 3.8) is 0 Å². The average Bonchev–Trinajstić information content (AvgIpc) is 2.97. The minimum Gasteiger partial charge on any atom is -0.355 e. The summed E-state index contributed by atoms with van der Waals surface area (Å²) in [4.78, 5) is 7.29. The van der Waals surface area contributed by atoms with E-state index >= 15 is 0 Å². The zero-order valence-corrected chi connectivity index (χ0v) is 19.8. The normalized spacial score (nSPS) is 16.4. The van der Waals surface area contributed by atoms with Crippen LogP contribution in [-0.2, 0) is 16.6 Å². The van der Waals surface area contributed by atoms with Crippen molar-refractivity contribution in [2.45, 2.75) is 6.54 Å². The second kappa shape index (κ2) is 11.2. The van der Waals surface area contributed by atoms with Crippen molar-refractivity contribution in [2.24, 2.45) is 4.99 Å². The number of rotatable bonds is 6. The number of thiophene rings is 1. The molecule has 1 fully saturated rings. The van der Waals surface area contributed by atoms with Crippen molar-refractivity contribution in [3.8, 4) is 0 Å². The summed E-state index contributed by atoms with van der Waals surface area (Å²) in [6.07, 6.45) is 0. The van der Waals surface area contributed by atoms with Gasteiger partial charge < -0.3 is 10.2 Å². The van der Waals surface area contributed by atoms with Crippen LogP contribution in [0.25, 0.3) is 0 Å². The maximum Gasteiger partial charge on any atom is 0.215 e. The number of sulfonamides is 1. The summed E-state index contributed by atoms with van der Waals surface area (Å²) in [6.45, 7) is 2.24. The highest BCUT2D eigenvalue weighted by Gasteiger charge is 2.23. The quantitative estimate of drug-likeness (QED) is 0.342. The molecule has 144 valence electrons. The van der Waals surface area contributed by atoms with Gasteiger partial charge in [0.1, 0.15) is 0 Å². The fraction of sp³-hybridized carbons (Fsp3) is 0.643. The number of nitrogens with one attached hydrogen (secondary N) is 1. The zero-order chi connectivity index (χ0) is 17.6. The van der Waals surface area contributed by atoms with Crippen molar-refractivity contribution in [1.82, 2.24) is 14.5 Å². The van der Waals surface area contributed by atoms with Crippen LogP contribution in [0.5, 0.6) is 0 Å². The first-order valence-corrected chi connectivity index (χ1v) is 11.6. The van der Waals surface area contributed by atoms with Crippen LogP contribution in [0.2, 0.25) is 4.34 Å². The van der Waals surface area contributed by atoms with Gasteiger partial charge in [-0.15, -0.1) is 35.3 Å². The molecule has 1 aliphatic rings. The van der Waals surface area contributed by atoms with Crippen LogP contribution in [0.3, 0.4) is 0 Å². The van der Waals surface area contributed by atoms with E-state index in [1.165, 1.54) is 11.3 Å². The highest BCUT2D eigenvalue weighted by atomic mass is 127. The molecule has 0 aromatic carbocycles. The molecule has 1 N–H and O–H groups in total. The molecule has 0 bridgehead atoms. The molecular formula is C14H24ClIN4O2S3. The minimum atomic E-state index is -3.20. The molecule has 0 spiro atoms. The SMILES string of the molecule is CN=C(NCCS(=O)(=O)N1CCSCC1)N(C)Cc1ccc(Cl)s1.I. The highest BCUT2D eigenvalue weighted by molar-refractivity contribution is 14.0. The second-order valence-corrected chi connectivity index (χ2v) is 10.5. The summed E-state index contributed by atoms with van der Waals surface area (Å²) < 4.78 is 27.0. The molecule has 1 aromatic heterocycles. The van der Waals surface area contributed by atoms with E-state index < -0.39 is 10.0 Å². The van der Waals surface area contributed by atoms with Crippen molar-refractivity contribution in [2.75, 3.05) is 51.0 Å². The van der Waals surface area contributed by atoms with Crippen LogP contribution in [-0.4, -0.2) is 74.6 Å². The minimum absolute atomic E-state index is 0. The number of guanidine groups is 1. The Balaban J connectivity index is 0.00000312. The zero-order valence-electron chi connectivity index (χ0n) is 14.3. The molecule has 0 amide bonds. The van der Waals surface area contributed by atoms with Crippen LogP contribution in [0.1, 0.15) is 4.88 Å². The summed E-state index contributed by atoms with van der Waals surface area (Å²) >= 11 is 9.27. The van der Waals surface area contributed by atoms with Crippen LogP contribution in [0.15, 0.2) is 17.1 Å². The van der Waals surface area contributed by atoms with E-state index in [1.807, 2.05) is 24.1 Å². The van der Waals surface area contributed by atoms with E-state index in [1.54, 1.807) is 23.1 Å². The van der Waals surface area contributed by atoms with Gasteiger partial charge in [-0.3, -0.25) is 4.99 Å². The van der Waals surface area contributed by atoms with E-state index in [9.17, 15) is 8.42 Å². The van der Waals surface area contributed by atoms with Gasteiger partial charge in [-0.1, -0.05) is 11.6 Å². The summed E-state index contributed by atoms with van der Waals surface area (Å²) in [7, 11) is 0.407. The Morgan fingerprint density at radius 2 is 2.08 bits per heavy atom. The predicted molar refractivity (Wildman–Crippen MR) is 120 cm³/mol. The molecule has 6 nitrogen and oxygen atoms in total. The maximum absolute atomic E-state index is 12.3. The molecule has 2 rings (SSSR count). The molecular weight excluding hydrogens is 515 g/mol. The average molecular weight is 539 g/mol. The lowest BCUT2D eigenvalue weighted by Gasteiger charge is -2.26. The van der Waals surface area contributed by atoms with E-state index in [0.717, 1.165) is 20.7 Å². The fourth-order valence-corrected chi connectivity index (χ4v) is 6.01. The van der Waals surface area contributed by atoms with Gasteiger partial charge >= 0.3 is 0 Å². The van der Waals surface area contributed by atoms with Crippen LogP contribution < -0.4 is 5.32 Å². The van der Waals surface area contributed by atoms with Crippen molar-refractivity contribution < 1.29 is 8.42 Å². The number of aliphatic imine (C=N–C) groups is 1.